The normalized spacial score (nSPS) is 12.3. The zero-order valence-electron chi connectivity index (χ0n) is 11.5. The largest absolute Gasteiger partial charge is 0.478 e. The van der Waals surface area contributed by atoms with E-state index in [-0.39, 0.29) is 11.7 Å². The summed E-state index contributed by atoms with van der Waals surface area (Å²) in [6.07, 6.45) is 0.886. The number of rotatable bonds is 6. The lowest BCUT2D eigenvalue weighted by Gasteiger charge is -2.11. The Hall–Kier alpha value is -1.72. The number of hydrogen-bond donors (Lipinski definition) is 1. The molecule has 0 radical (unpaired) electrons. The van der Waals surface area contributed by atoms with Crippen molar-refractivity contribution in [3.63, 3.8) is 0 Å². The quantitative estimate of drug-likeness (QED) is 0.874. The van der Waals surface area contributed by atoms with Gasteiger partial charge in [-0.05, 0) is 25.5 Å². The summed E-state index contributed by atoms with van der Waals surface area (Å²) in [6.45, 7) is 4.68. The summed E-state index contributed by atoms with van der Waals surface area (Å²) in [5.41, 5.74) is 1.89. The molecule has 0 spiro atoms. The van der Waals surface area contributed by atoms with Crippen LogP contribution in [-0.2, 0) is 4.74 Å². The molecule has 0 fully saturated rings. The smallest absolute Gasteiger partial charge is 0.335 e. The Morgan fingerprint density at radius 1 is 1.45 bits per heavy atom. The maximum absolute atomic E-state index is 11.0. The van der Waals surface area contributed by atoms with E-state index in [1.54, 1.807) is 29.5 Å². The summed E-state index contributed by atoms with van der Waals surface area (Å²) >= 11 is 1.55. The van der Waals surface area contributed by atoms with Crippen molar-refractivity contribution in [1.29, 1.82) is 0 Å². The highest BCUT2D eigenvalue weighted by atomic mass is 32.1. The van der Waals surface area contributed by atoms with E-state index in [2.05, 4.69) is 11.9 Å². The number of carboxylic acids is 1. The lowest BCUT2D eigenvalue weighted by molar-refractivity contribution is 0.0597. The average Bonchev–Trinajstić information content (AvgIpc) is 2.94. The van der Waals surface area contributed by atoms with Crippen LogP contribution in [0, 0.1) is 0 Å². The van der Waals surface area contributed by atoms with Gasteiger partial charge < -0.3 is 9.84 Å². The van der Waals surface area contributed by atoms with Gasteiger partial charge in [0, 0.05) is 17.6 Å². The molecule has 20 heavy (non-hydrogen) atoms. The predicted octanol–water partition coefficient (Wildman–Crippen LogP) is 4.00. The van der Waals surface area contributed by atoms with Gasteiger partial charge in [-0.2, -0.15) is 0 Å². The number of nitrogens with zero attached hydrogens (tertiary/aromatic N) is 1. The highest BCUT2D eigenvalue weighted by molar-refractivity contribution is 7.10. The van der Waals surface area contributed by atoms with Crippen LogP contribution in [0.15, 0.2) is 29.6 Å². The van der Waals surface area contributed by atoms with Gasteiger partial charge in [0.15, 0.2) is 0 Å². The summed E-state index contributed by atoms with van der Waals surface area (Å²) < 4.78 is 5.64. The number of aromatic nitrogens is 1. The second-order valence-electron chi connectivity index (χ2n) is 4.31. The molecule has 1 aromatic carbocycles. The molecular weight excluding hydrogens is 274 g/mol. The van der Waals surface area contributed by atoms with E-state index in [1.807, 2.05) is 18.4 Å². The Morgan fingerprint density at radius 2 is 2.25 bits per heavy atom. The number of aromatic carboxylic acids is 1. The second-order valence-corrected chi connectivity index (χ2v) is 5.20. The molecule has 1 heterocycles. The van der Waals surface area contributed by atoms with Crippen molar-refractivity contribution in [2.24, 2.45) is 0 Å². The first-order chi connectivity index (χ1) is 9.65. The minimum absolute atomic E-state index is 0.0152. The maximum Gasteiger partial charge on any atom is 0.335 e. The summed E-state index contributed by atoms with van der Waals surface area (Å²) in [4.78, 5) is 15.6. The third kappa shape index (κ3) is 3.23. The Kier molecular flexibility index (Phi) is 4.87. The van der Waals surface area contributed by atoms with Crippen molar-refractivity contribution >= 4 is 17.3 Å². The topological polar surface area (TPSA) is 59.4 Å². The number of carboxylic acid groups (broad SMARTS) is 1. The third-order valence-corrected chi connectivity index (χ3v) is 3.88. The lowest BCUT2D eigenvalue weighted by atomic mass is 10.1. The molecule has 5 heteroatoms. The molecule has 0 amide bonds. The fraction of sp³-hybridized carbons (Fsp3) is 0.333. The van der Waals surface area contributed by atoms with Crippen molar-refractivity contribution in [2.75, 3.05) is 6.61 Å². The molecule has 0 saturated heterocycles. The summed E-state index contributed by atoms with van der Waals surface area (Å²) in [5, 5.41) is 11.9. The van der Waals surface area contributed by atoms with Gasteiger partial charge in [-0.15, -0.1) is 11.3 Å². The van der Waals surface area contributed by atoms with Gasteiger partial charge in [-0.3, -0.25) is 0 Å². The highest BCUT2D eigenvalue weighted by Crippen LogP contribution is 2.29. The van der Waals surface area contributed by atoms with Crippen LogP contribution in [0.25, 0.3) is 11.3 Å². The first-order valence-electron chi connectivity index (χ1n) is 6.56. The summed E-state index contributed by atoms with van der Waals surface area (Å²) in [6, 6.07) is 6.82. The predicted molar refractivity (Wildman–Crippen MR) is 79.2 cm³/mol. The van der Waals surface area contributed by atoms with E-state index in [4.69, 9.17) is 9.84 Å². The van der Waals surface area contributed by atoms with Gasteiger partial charge in [0.2, 0.25) is 0 Å². The minimum atomic E-state index is -0.928. The Bertz CT molecular complexity index is 594. The number of benzene rings is 1. The van der Waals surface area contributed by atoms with Gasteiger partial charge in [-0.25, -0.2) is 9.78 Å². The number of hydrogen-bond acceptors (Lipinski definition) is 4. The van der Waals surface area contributed by atoms with E-state index in [9.17, 15) is 4.79 Å². The fourth-order valence-corrected chi connectivity index (χ4v) is 2.90. The molecule has 1 unspecified atom stereocenters. The molecule has 4 nitrogen and oxygen atoms in total. The Balaban J connectivity index is 2.28. The molecule has 0 aliphatic rings. The van der Waals surface area contributed by atoms with Crippen molar-refractivity contribution in [3.8, 4) is 11.3 Å². The molecule has 1 atom stereocenters. The van der Waals surface area contributed by atoms with Crippen molar-refractivity contribution in [1.82, 2.24) is 4.98 Å². The highest BCUT2D eigenvalue weighted by Gasteiger charge is 2.15. The third-order valence-electron chi connectivity index (χ3n) is 2.94. The first kappa shape index (κ1) is 14.7. The van der Waals surface area contributed by atoms with Crippen LogP contribution in [-0.4, -0.2) is 22.7 Å². The average molecular weight is 291 g/mol. The van der Waals surface area contributed by atoms with Crippen LogP contribution in [0.2, 0.25) is 0 Å². The van der Waals surface area contributed by atoms with Crippen molar-refractivity contribution in [3.05, 3.63) is 40.2 Å². The molecule has 2 aromatic rings. The Labute approximate surface area is 122 Å². The number of thiazole rings is 1. The number of ether oxygens (including phenoxy) is 1. The van der Waals surface area contributed by atoms with Crippen molar-refractivity contribution in [2.45, 2.75) is 26.4 Å². The van der Waals surface area contributed by atoms with E-state index in [1.165, 1.54) is 0 Å². The van der Waals surface area contributed by atoms with E-state index in [0.717, 1.165) is 22.7 Å². The fourth-order valence-electron chi connectivity index (χ4n) is 1.94. The van der Waals surface area contributed by atoms with Gasteiger partial charge in [-0.1, -0.05) is 19.1 Å². The van der Waals surface area contributed by atoms with Gasteiger partial charge in [0.1, 0.15) is 11.1 Å². The molecule has 106 valence electrons. The second kappa shape index (κ2) is 6.63. The SMILES string of the molecule is CCOC(CC)c1nc(-c2cccc(C(=O)O)c2)cs1. The molecule has 2 rings (SSSR count). The van der Waals surface area contributed by atoms with Crippen LogP contribution in [0.5, 0.6) is 0 Å². The number of carbonyl (C=O) groups is 1. The molecule has 1 aromatic heterocycles. The maximum atomic E-state index is 11.0. The summed E-state index contributed by atoms with van der Waals surface area (Å²) in [5.74, 6) is -0.928. The van der Waals surface area contributed by atoms with Gasteiger partial charge >= 0.3 is 5.97 Å². The lowest BCUT2D eigenvalue weighted by Crippen LogP contribution is -2.02. The van der Waals surface area contributed by atoms with Gasteiger partial charge in [0.05, 0.1) is 11.3 Å². The van der Waals surface area contributed by atoms with E-state index in [0.29, 0.717) is 6.61 Å². The molecule has 0 aliphatic heterocycles. The van der Waals surface area contributed by atoms with Crippen LogP contribution in [0.4, 0.5) is 0 Å². The van der Waals surface area contributed by atoms with Crippen LogP contribution in [0.3, 0.4) is 0 Å². The standard InChI is InChI=1S/C15H17NO3S/c1-3-13(19-4-2)14-16-12(9-20-14)10-6-5-7-11(8-10)15(17)18/h5-9,13H,3-4H2,1-2H3,(H,17,18). The van der Waals surface area contributed by atoms with E-state index < -0.39 is 5.97 Å². The molecular formula is C15H17NO3S. The zero-order chi connectivity index (χ0) is 14.5. The molecule has 0 saturated carbocycles. The van der Waals surface area contributed by atoms with Gasteiger partial charge in [0.25, 0.3) is 0 Å². The molecule has 0 aliphatic carbocycles. The zero-order valence-corrected chi connectivity index (χ0v) is 12.3. The van der Waals surface area contributed by atoms with Crippen LogP contribution < -0.4 is 0 Å². The Morgan fingerprint density at radius 3 is 2.90 bits per heavy atom. The van der Waals surface area contributed by atoms with E-state index >= 15 is 0 Å². The first-order valence-corrected chi connectivity index (χ1v) is 7.44. The molecule has 0 bridgehead atoms. The van der Waals surface area contributed by atoms with Crippen molar-refractivity contribution < 1.29 is 14.6 Å². The monoisotopic (exact) mass is 291 g/mol. The van der Waals surface area contributed by atoms with Crippen LogP contribution >= 0.6 is 11.3 Å². The van der Waals surface area contributed by atoms with Crippen LogP contribution in [0.1, 0.15) is 41.7 Å². The molecule has 1 N–H and O–H groups in total. The minimum Gasteiger partial charge on any atom is -0.478 e. The summed E-state index contributed by atoms with van der Waals surface area (Å²) in [7, 11) is 0.